The van der Waals surface area contributed by atoms with Crippen LogP contribution >= 0.6 is 0 Å². The number of fused-ring (bicyclic) bond motifs is 2. The highest BCUT2D eigenvalue weighted by atomic mass is 16.2. The summed E-state index contributed by atoms with van der Waals surface area (Å²) < 4.78 is 0. The summed E-state index contributed by atoms with van der Waals surface area (Å²) in [5.41, 5.74) is 4.29. The normalized spacial score (nSPS) is 15.3. The molecule has 2 heteroatoms. The van der Waals surface area contributed by atoms with Gasteiger partial charge < -0.3 is 5.11 Å². The van der Waals surface area contributed by atoms with Crippen LogP contribution in [0.15, 0.2) is 48.5 Å². The molecule has 0 atom stereocenters. The zero-order valence-electron chi connectivity index (χ0n) is 12.8. The molecule has 0 saturated heterocycles. The van der Waals surface area contributed by atoms with Crippen LogP contribution in [-0.2, 0) is 18.3 Å². The molecule has 0 saturated carbocycles. The predicted molar refractivity (Wildman–Crippen MR) is 87.6 cm³/mol. The van der Waals surface area contributed by atoms with Gasteiger partial charge in [-0.15, -0.1) is 0 Å². The number of hydrogen-bond donors (Lipinski definition) is 1. The van der Waals surface area contributed by atoms with Crippen LogP contribution in [0.1, 0.15) is 41.5 Å². The first-order valence-corrected chi connectivity index (χ1v) is 8.01. The minimum absolute atomic E-state index is 0.185. The molecule has 0 bridgehead atoms. The first-order valence-electron chi connectivity index (χ1n) is 8.01. The number of nitrogens with zero attached hydrogens (tertiary/aromatic N) is 1. The average molecular weight is 291 g/mol. The van der Waals surface area contributed by atoms with Gasteiger partial charge in [0.15, 0.2) is 0 Å². The third-order valence-electron chi connectivity index (χ3n) is 4.77. The number of benzene rings is 2. The Morgan fingerprint density at radius 1 is 0.909 bits per heavy atom. The van der Waals surface area contributed by atoms with Gasteiger partial charge in [0, 0.05) is 6.61 Å². The van der Waals surface area contributed by atoms with Crippen molar-refractivity contribution in [2.24, 2.45) is 0 Å². The van der Waals surface area contributed by atoms with Crippen molar-refractivity contribution in [1.82, 2.24) is 0 Å². The van der Waals surface area contributed by atoms with E-state index in [1.165, 1.54) is 11.1 Å². The second-order valence-electron chi connectivity index (χ2n) is 6.01. The van der Waals surface area contributed by atoms with Gasteiger partial charge in [-0.1, -0.05) is 48.5 Å². The summed E-state index contributed by atoms with van der Waals surface area (Å²) in [6.45, 7) is 0.185. The van der Waals surface area contributed by atoms with Crippen molar-refractivity contribution in [2.45, 2.75) is 37.5 Å². The Balaban J connectivity index is 2.18. The maximum Gasteiger partial charge on any atom is 0.108 e. The van der Waals surface area contributed by atoms with E-state index >= 15 is 0 Å². The van der Waals surface area contributed by atoms with Crippen LogP contribution in [0, 0.1) is 11.3 Å². The van der Waals surface area contributed by atoms with Gasteiger partial charge in [-0.3, -0.25) is 0 Å². The van der Waals surface area contributed by atoms with Gasteiger partial charge in [0.2, 0.25) is 0 Å². The van der Waals surface area contributed by atoms with E-state index in [2.05, 4.69) is 42.5 Å². The summed E-state index contributed by atoms with van der Waals surface area (Å²) in [5.74, 6) is 0. The van der Waals surface area contributed by atoms with E-state index in [1.807, 2.05) is 12.1 Å². The molecule has 22 heavy (non-hydrogen) atoms. The molecule has 0 radical (unpaired) electrons. The average Bonchev–Trinajstić information content (AvgIpc) is 2.71. The van der Waals surface area contributed by atoms with Crippen molar-refractivity contribution in [2.75, 3.05) is 6.61 Å². The van der Waals surface area contributed by atoms with Gasteiger partial charge in [-0.25, -0.2) is 0 Å². The smallest absolute Gasteiger partial charge is 0.108 e. The lowest BCUT2D eigenvalue weighted by Gasteiger charge is -2.29. The SMILES string of the molecule is N#CC1(CCCCO)c2ccccc2CCc2ccccc21. The Bertz CT molecular complexity index is 651. The molecule has 1 aliphatic carbocycles. The van der Waals surface area contributed by atoms with Gasteiger partial charge in [0.1, 0.15) is 5.41 Å². The van der Waals surface area contributed by atoms with Crippen LogP contribution in [0.25, 0.3) is 0 Å². The van der Waals surface area contributed by atoms with Gasteiger partial charge in [0.25, 0.3) is 0 Å². The van der Waals surface area contributed by atoms with Crippen molar-refractivity contribution in [3.8, 4) is 6.07 Å². The van der Waals surface area contributed by atoms with Crippen LogP contribution < -0.4 is 0 Å². The van der Waals surface area contributed by atoms with Crippen LogP contribution in [0.3, 0.4) is 0 Å². The van der Waals surface area contributed by atoms with E-state index in [-0.39, 0.29) is 6.61 Å². The van der Waals surface area contributed by atoms with Gasteiger partial charge in [0.05, 0.1) is 6.07 Å². The van der Waals surface area contributed by atoms with Crippen molar-refractivity contribution >= 4 is 0 Å². The van der Waals surface area contributed by atoms with Crippen molar-refractivity contribution in [1.29, 1.82) is 5.26 Å². The number of aliphatic hydroxyl groups is 1. The fraction of sp³-hybridized carbons (Fsp3) is 0.350. The van der Waals surface area contributed by atoms with E-state index in [0.717, 1.165) is 43.2 Å². The molecule has 0 fully saturated rings. The fourth-order valence-corrected chi connectivity index (χ4v) is 3.67. The predicted octanol–water partition coefficient (Wildman–Crippen LogP) is 3.76. The number of hydrogen-bond acceptors (Lipinski definition) is 2. The summed E-state index contributed by atoms with van der Waals surface area (Å²) in [6, 6.07) is 19.4. The summed E-state index contributed by atoms with van der Waals surface area (Å²) in [4.78, 5) is 0. The molecule has 2 nitrogen and oxygen atoms in total. The Morgan fingerprint density at radius 3 is 1.95 bits per heavy atom. The van der Waals surface area contributed by atoms with Gasteiger partial charge >= 0.3 is 0 Å². The fourth-order valence-electron chi connectivity index (χ4n) is 3.67. The van der Waals surface area contributed by atoms with E-state index in [9.17, 15) is 5.26 Å². The molecule has 1 aliphatic rings. The zero-order chi connectivity index (χ0) is 15.4. The first kappa shape index (κ1) is 14.8. The van der Waals surface area contributed by atoms with Crippen molar-refractivity contribution in [3.05, 3.63) is 70.8 Å². The number of unbranched alkanes of at least 4 members (excludes halogenated alkanes) is 1. The minimum atomic E-state index is -0.584. The lowest BCUT2D eigenvalue weighted by Crippen LogP contribution is -2.27. The number of nitriles is 1. The number of aryl methyl sites for hydroxylation is 2. The lowest BCUT2D eigenvalue weighted by atomic mass is 9.70. The van der Waals surface area contributed by atoms with Gasteiger partial charge in [-0.2, -0.15) is 5.26 Å². The number of aliphatic hydroxyl groups excluding tert-OH is 1. The highest BCUT2D eigenvalue weighted by Gasteiger charge is 2.38. The Morgan fingerprint density at radius 2 is 1.45 bits per heavy atom. The second kappa shape index (κ2) is 6.34. The quantitative estimate of drug-likeness (QED) is 0.872. The molecule has 0 unspecified atom stereocenters. The standard InChI is InChI=1S/C20H21NO/c21-15-20(13-5-6-14-22)18-9-3-1-7-16(18)11-12-17-8-2-4-10-19(17)20/h1-4,7-10,22H,5-6,11-14H2. The van der Waals surface area contributed by atoms with E-state index < -0.39 is 5.41 Å². The molecule has 0 aliphatic heterocycles. The monoisotopic (exact) mass is 291 g/mol. The molecule has 0 heterocycles. The molecular formula is C20H21NO. The largest absolute Gasteiger partial charge is 0.396 e. The Kier molecular flexibility index (Phi) is 4.27. The molecular weight excluding hydrogens is 270 g/mol. The molecule has 2 aromatic carbocycles. The molecule has 2 aromatic rings. The van der Waals surface area contributed by atoms with Crippen LogP contribution in [0.2, 0.25) is 0 Å². The highest BCUT2D eigenvalue weighted by molar-refractivity contribution is 5.54. The summed E-state index contributed by atoms with van der Waals surface area (Å²) in [5, 5.41) is 19.3. The second-order valence-corrected chi connectivity index (χ2v) is 6.01. The number of rotatable bonds is 4. The Labute approximate surface area is 132 Å². The van der Waals surface area contributed by atoms with E-state index in [0.29, 0.717) is 0 Å². The molecule has 0 spiro atoms. The van der Waals surface area contributed by atoms with Gasteiger partial charge in [-0.05, 0) is 54.4 Å². The van der Waals surface area contributed by atoms with Crippen LogP contribution in [0.4, 0.5) is 0 Å². The van der Waals surface area contributed by atoms with Crippen LogP contribution in [-0.4, -0.2) is 11.7 Å². The van der Waals surface area contributed by atoms with Crippen molar-refractivity contribution < 1.29 is 5.11 Å². The van der Waals surface area contributed by atoms with Crippen molar-refractivity contribution in [3.63, 3.8) is 0 Å². The Hall–Kier alpha value is -2.11. The molecule has 3 rings (SSSR count). The van der Waals surface area contributed by atoms with E-state index in [4.69, 9.17) is 5.11 Å². The third kappa shape index (κ3) is 2.42. The summed E-state index contributed by atoms with van der Waals surface area (Å²) >= 11 is 0. The first-order chi connectivity index (χ1) is 10.8. The summed E-state index contributed by atoms with van der Waals surface area (Å²) in [7, 11) is 0. The zero-order valence-corrected chi connectivity index (χ0v) is 12.8. The minimum Gasteiger partial charge on any atom is -0.396 e. The van der Waals surface area contributed by atoms with E-state index in [1.54, 1.807) is 0 Å². The molecule has 0 aromatic heterocycles. The topological polar surface area (TPSA) is 44.0 Å². The highest BCUT2D eigenvalue weighted by Crippen LogP contribution is 2.42. The maximum absolute atomic E-state index is 10.1. The molecule has 112 valence electrons. The molecule has 1 N–H and O–H groups in total. The summed E-state index contributed by atoms with van der Waals surface area (Å²) in [6.07, 6.45) is 4.33. The lowest BCUT2D eigenvalue weighted by molar-refractivity contribution is 0.280. The van der Waals surface area contributed by atoms with Crippen LogP contribution in [0.5, 0.6) is 0 Å². The molecule has 0 amide bonds. The maximum atomic E-state index is 10.1. The third-order valence-corrected chi connectivity index (χ3v) is 4.77.